The number of aliphatic hydroxyl groups excluding tert-OH is 1. The topological polar surface area (TPSA) is 119 Å². The molecule has 0 aromatic carbocycles. The van der Waals surface area contributed by atoms with Crippen LogP contribution in [0.2, 0.25) is 0 Å². The lowest BCUT2D eigenvalue weighted by Gasteiger charge is -2.16. The molecule has 2 aromatic heterocycles. The molecule has 2 aliphatic rings. The first kappa shape index (κ1) is 11.9. The van der Waals surface area contributed by atoms with Gasteiger partial charge >= 0.3 is 0 Å². The molecule has 2 aromatic rings. The molecule has 0 unspecified atom stereocenters. The smallest absolute Gasteiger partial charge is 0.280 e. The summed E-state index contributed by atoms with van der Waals surface area (Å²) in [6.07, 6.45) is 3.31. The molecule has 0 radical (unpaired) electrons. The van der Waals surface area contributed by atoms with Crippen LogP contribution in [0.1, 0.15) is 25.5 Å². The van der Waals surface area contributed by atoms with Gasteiger partial charge in [0.15, 0.2) is 11.2 Å². The first-order chi connectivity index (χ1) is 9.63. The van der Waals surface area contributed by atoms with Crippen LogP contribution in [0.4, 0.5) is 5.95 Å². The van der Waals surface area contributed by atoms with E-state index in [9.17, 15) is 9.90 Å². The standard InChI is InChI=1S/C12H15N5O3/c13-12-15-10-8(11(19)16-12)14-4-17(10)7-3-5-1-2-6(18)9(5)20-7/h4-7,9,18H,1-3H2,(H3,13,15,16,19)/t5-,6-,7+,9+/m1/s1. The number of nitrogens with one attached hydrogen (secondary N) is 1. The predicted octanol–water partition coefficient (Wildman–Crippen LogP) is -0.240. The molecule has 1 saturated carbocycles. The van der Waals surface area contributed by atoms with Crippen molar-refractivity contribution in [1.82, 2.24) is 19.5 Å². The van der Waals surface area contributed by atoms with Crippen molar-refractivity contribution in [3.63, 3.8) is 0 Å². The highest BCUT2D eigenvalue weighted by Gasteiger charge is 2.44. The third-order valence-electron chi connectivity index (χ3n) is 4.26. The molecule has 4 atom stereocenters. The van der Waals surface area contributed by atoms with Crippen molar-refractivity contribution in [3.05, 3.63) is 16.7 Å². The van der Waals surface area contributed by atoms with E-state index in [4.69, 9.17) is 10.5 Å². The summed E-state index contributed by atoms with van der Waals surface area (Å²) in [6, 6.07) is 0. The van der Waals surface area contributed by atoms with Crippen LogP contribution >= 0.6 is 0 Å². The van der Waals surface area contributed by atoms with Crippen molar-refractivity contribution in [2.24, 2.45) is 5.92 Å². The zero-order valence-corrected chi connectivity index (χ0v) is 10.7. The second kappa shape index (κ2) is 4.03. The number of ether oxygens (including phenoxy) is 1. The molecule has 20 heavy (non-hydrogen) atoms. The highest BCUT2D eigenvalue weighted by Crippen LogP contribution is 2.43. The van der Waals surface area contributed by atoms with Gasteiger partial charge in [-0.3, -0.25) is 14.3 Å². The summed E-state index contributed by atoms with van der Waals surface area (Å²) in [5.41, 5.74) is 5.89. The van der Waals surface area contributed by atoms with E-state index in [0.29, 0.717) is 11.6 Å². The Morgan fingerprint density at radius 3 is 3.15 bits per heavy atom. The Kier molecular flexibility index (Phi) is 2.39. The van der Waals surface area contributed by atoms with Crippen LogP contribution in [0.25, 0.3) is 11.2 Å². The molecule has 0 bridgehead atoms. The molecule has 0 amide bonds. The number of H-pyrrole nitrogens is 1. The average molecular weight is 277 g/mol. The number of rotatable bonds is 1. The van der Waals surface area contributed by atoms with Gasteiger partial charge in [-0.05, 0) is 25.2 Å². The minimum Gasteiger partial charge on any atom is -0.390 e. The molecule has 1 aliphatic heterocycles. The highest BCUT2D eigenvalue weighted by molar-refractivity contribution is 5.70. The number of aliphatic hydroxyl groups is 1. The molecular formula is C12H15N5O3. The van der Waals surface area contributed by atoms with Gasteiger partial charge in [0.1, 0.15) is 6.23 Å². The second-order valence-corrected chi connectivity index (χ2v) is 5.47. The molecule has 0 spiro atoms. The number of fused-ring (bicyclic) bond motifs is 2. The number of hydrogen-bond acceptors (Lipinski definition) is 6. The maximum absolute atomic E-state index is 11.7. The molecule has 4 N–H and O–H groups in total. The van der Waals surface area contributed by atoms with E-state index in [1.54, 1.807) is 10.9 Å². The average Bonchev–Trinajstić information content (AvgIpc) is 3.05. The van der Waals surface area contributed by atoms with Crippen LogP contribution in [0, 0.1) is 5.92 Å². The second-order valence-electron chi connectivity index (χ2n) is 5.47. The lowest BCUT2D eigenvalue weighted by Crippen LogP contribution is -2.23. The largest absolute Gasteiger partial charge is 0.390 e. The van der Waals surface area contributed by atoms with Gasteiger partial charge in [0, 0.05) is 0 Å². The van der Waals surface area contributed by atoms with E-state index in [0.717, 1.165) is 19.3 Å². The van der Waals surface area contributed by atoms with Crippen LogP contribution in [0.3, 0.4) is 0 Å². The van der Waals surface area contributed by atoms with Crippen LogP contribution in [-0.4, -0.2) is 36.8 Å². The third kappa shape index (κ3) is 1.58. The summed E-state index contributed by atoms with van der Waals surface area (Å²) in [5.74, 6) is 0.411. The van der Waals surface area contributed by atoms with Crippen molar-refractivity contribution in [2.45, 2.75) is 37.7 Å². The predicted molar refractivity (Wildman–Crippen MR) is 69.8 cm³/mol. The summed E-state index contributed by atoms with van der Waals surface area (Å²) >= 11 is 0. The highest BCUT2D eigenvalue weighted by atomic mass is 16.5. The molecular weight excluding hydrogens is 262 g/mol. The van der Waals surface area contributed by atoms with E-state index in [2.05, 4.69) is 15.0 Å². The van der Waals surface area contributed by atoms with Crippen molar-refractivity contribution in [1.29, 1.82) is 0 Å². The molecule has 1 aliphatic carbocycles. The van der Waals surface area contributed by atoms with Gasteiger partial charge < -0.3 is 15.6 Å². The number of nitrogens with two attached hydrogens (primary N) is 1. The minimum absolute atomic E-state index is 0.0578. The van der Waals surface area contributed by atoms with Crippen LogP contribution in [0.5, 0.6) is 0 Å². The van der Waals surface area contributed by atoms with E-state index in [1.165, 1.54) is 0 Å². The maximum atomic E-state index is 11.7. The lowest BCUT2D eigenvalue weighted by molar-refractivity contribution is -0.0525. The zero-order chi connectivity index (χ0) is 13.9. The monoisotopic (exact) mass is 277 g/mol. The summed E-state index contributed by atoms with van der Waals surface area (Å²) in [6.45, 7) is 0. The van der Waals surface area contributed by atoms with E-state index in [1.807, 2.05) is 0 Å². The number of nitrogen functional groups attached to an aromatic ring is 1. The fraction of sp³-hybridized carbons (Fsp3) is 0.583. The van der Waals surface area contributed by atoms with Gasteiger partial charge in [0.25, 0.3) is 5.56 Å². The zero-order valence-electron chi connectivity index (χ0n) is 10.7. The molecule has 2 fully saturated rings. The Hall–Kier alpha value is -1.93. The Morgan fingerprint density at radius 2 is 2.35 bits per heavy atom. The molecule has 1 saturated heterocycles. The normalized spacial score (nSPS) is 32.9. The number of imidazole rings is 1. The number of nitrogens with zero attached hydrogens (tertiary/aromatic N) is 3. The first-order valence-corrected chi connectivity index (χ1v) is 6.69. The van der Waals surface area contributed by atoms with Crippen molar-refractivity contribution < 1.29 is 9.84 Å². The summed E-state index contributed by atoms with van der Waals surface area (Å²) in [5, 5.41) is 9.88. The fourth-order valence-electron chi connectivity index (χ4n) is 3.31. The van der Waals surface area contributed by atoms with Gasteiger partial charge in [-0.25, -0.2) is 4.98 Å². The van der Waals surface area contributed by atoms with Crippen LogP contribution < -0.4 is 11.3 Å². The van der Waals surface area contributed by atoms with Crippen molar-refractivity contribution >= 4 is 17.1 Å². The van der Waals surface area contributed by atoms with Crippen LogP contribution in [0.15, 0.2) is 11.1 Å². The SMILES string of the molecule is Nc1nc2c(ncn2[C@@H]2C[C@H]3CC[C@@H](O)[C@H]3O2)c(=O)[nH]1. The van der Waals surface area contributed by atoms with Gasteiger partial charge in [-0.1, -0.05) is 0 Å². The van der Waals surface area contributed by atoms with Gasteiger partial charge in [-0.15, -0.1) is 0 Å². The van der Waals surface area contributed by atoms with Gasteiger partial charge in [-0.2, -0.15) is 4.98 Å². The summed E-state index contributed by atoms with van der Waals surface area (Å²) in [7, 11) is 0. The Labute approximate surface area is 113 Å². The third-order valence-corrected chi connectivity index (χ3v) is 4.26. The van der Waals surface area contributed by atoms with E-state index < -0.39 is 6.10 Å². The molecule has 106 valence electrons. The number of hydrogen-bond donors (Lipinski definition) is 3. The number of aromatic nitrogens is 4. The Balaban J connectivity index is 1.75. The van der Waals surface area contributed by atoms with Crippen LogP contribution in [-0.2, 0) is 4.74 Å². The van der Waals surface area contributed by atoms with Gasteiger partial charge in [0.05, 0.1) is 18.5 Å². The lowest BCUT2D eigenvalue weighted by atomic mass is 10.0. The molecule has 8 heteroatoms. The summed E-state index contributed by atoms with van der Waals surface area (Å²) in [4.78, 5) is 22.4. The van der Waals surface area contributed by atoms with Crippen molar-refractivity contribution in [3.8, 4) is 0 Å². The number of anilines is 1. The summed E-state index contributed by atoms with van der Waals surface area (Å²) < 4.78 is 7.64. The van der Waals surface area contributed by atoms with E-state index >= 15 is 0 Å². The first-order valence-electron chi connectivity index (χ1n) is 6.69. The molecule has 4 rings (SSSR count). The Bertz CT molecular complexity index is 723. The molecule has 3 heterocycles. The quantitative estimate of drug-likeness (QED) is 0.662. The van der Waals surface area contributed by atoms with E-state index in [-0.39, 0.29) is 29.4 Å². The van der Waals surface area contributed by atoms with Gasteiger partial charge in [0.2, 0.25) is 5.95 Å². The van der Waals surface area contributed by atoms with Crippen molar-refractivity contribution in [2.75, 3.05) is 5.73 Å². The maximum Gasteiger partial charge on any atom is 0.280 e. The molecule has 8 nitrogen and oxygen atoms in total. The minimum atomic E-state index is -0.402. The number of aromatic amines is 1. The fourth-order valence-corrected chi connectivity index (χ4v) is 3.31. The Morgan fingerprint density at radius 1 is 1.50 bits per heavy atom.